The Morgan fingerprint density at radius 1 is 1.53 bits per heavy atom. The van der Waals surface area contributed by atoms with Gasteiger partial charge in [0.15, 0.2) is 0 Å². The lowest BCUT2D eigenvalue weighted by atomic mass is 9.78. The Bertz CT molecular complexity index is 460. The monoisotopic (exact) mass is 251 g/mol. The highest BCUT2D eigenvalue weighted by molar-refractivity contribution is 6.31. The molecule has 1 aromatic rings. The summed E-state index contributed by atoms with van der Waals surface area (Å²) in [5.41, 5.74) is 4.02. The first-order chi connectivity index (χ1) is 8.15. The van der Waals surface area contributed by atoms with Crippen molar-refractivity contribution in [3.05, 3.63) is 33.8 Å². The molecule has 0 saturated carbocycles. The second-order valence-electron chi connectivity index (χ2n) is 5.24. The van der Waals surface area contributed by atoms with Crippen LogP contribution in [0.3, 0.4) is 0 Å². The van der Waals surface area contributed by atoms with E-state index in [2.05, 4.69) is 25.2 Å². The van der Waals surface area contributed by atoms with Crippen LogP contribution in [0.1, 0.15) is 36.5 Å². The molecule has 3 heteroatoms. The van der Waals surface area contributed by atoms with E-state index in [0.717, 1.165) is 24.5 Å². The van der Waals surface area contributed by atoms with Gasteiger partial charge in [0.2, 0.25) is 0 Å². The molecule has 17 heavy (non-hydrogen) atoms. The molecule has 0 bridgehead atoms. The highest BCUT2D eigenvalue weighted by Gasteiger charge is 2.45. The number of nitrogens with one attached hydrogen (secondary N) is 1. The van der Waals surface area contributed by atoms with Crippen LogP contribution in [0.15, 0.2) is 12.1 Å². The van der Waals surface area contributed by atoms with Crippen LogP contribution in [0.5, 0.6) is 0 Å². The van der Waals surface area contributed by atoms with Gasteiger partial charge in [-0.1, -0.05) is 24.6 Å². The highest BCUT2D eigenvalue weighted by Crippen LogP contribution is 2.44. The summed E-state index contributed by atoms with van der Waals surface area (Å²) in [6.07, 6.45) is 1.06. The van der Waals surface area contributed by atoms with E-state index in [1.165, 1.54) is 16.7 Å². The molecule has 2 aliphatic heterocycles. The summed E-state index contributed by atoms with van der Waals surface area (Å²) in [5.74, 6) is 0.444. The zero-order chi connectivity index (χ0) is 12.0. The van der Waals surface area contributed by atoms with Gasteiger partial charge >= 0.3 is 0 Å². The molecule has 2 atom stereocenters. The standard InChI is InChI=1S/C14H18ClNO/c1-3-9-4-5-12(15)10-7-17-14(2)8-16-6-11(14)13(9)10/h4-5,11,16H,3,6-8H2,1-2H3/t11-,14-/m0/s1. The second-order valence-corrected chi connectivity index (χ2v) is 5.64. The first kappa shape index (κ1) is 11.5. The van der Waals surface area contributed by atoms with E-state index >= 15 is 0 Å². The maximum atomic E-state index is 6.31. The summed E-state index contributed by atoms with van der Waals surface area (Å²) in [5, 5.41) is 4.30. The Balaban J connectivity index is 2.18. The molecule has 1 saturated heterocycles. The predicted octanol–water partition coefficient (Wildman–Crippen LogP) is 2.88. The molecule has 0 radical (unpaired) electrons. The molecule has 2 nitrogen and oxygen atoms in total. The summed E-state index contributed by atoms with van der Waals surface area (Å²) in [6.45, 7) is 7.00. The number of fused-ring (bicyclic) bond motifs is 3. The van der Waals surface area contributed by atoms with E-state index in [4.69, 9.17) is 16.3 Å². The van der Waals surface area contributed by atoms with Crippen LogP contribution in [0.2, 0.25) is 5.02 Å². The lowest BCUT2D eigenvalue weighted by Crippen LogP contribution is -2.40. The SMILES string of the molecule is CCc1ccc(Cl)c2c1[C@@H]1CNC[C@]1(C)OC2. The van der Waals surface area contributed by atoms with Crippen molar-refractivity contribution in [2.24, 2.45) is 0 Å². The zero-order valence-corrected chi connectivity index (χ0v) is 11.1. The predicted molar refractivity (Wildman–Crippen MR) is 69.6 cm³/mol. The van der Waals surface area contributed by atoms with Crippen LogP contribution >= 0.6 is 11.6 Å². The van der Waals surface area contributed by atoms with Crippen molar-refractivity contribution in [2.45, 2.75) is 38.4 Å². The van der Waals surface area contributed by atoms with Crippen molar-refractivity contribution < 1.29 is 4.74 Å². The molecule has 1 aromatic carbocycles. The first-order valence-electron chi connectivity index (χ1n) is 6.30. The number of aryl methyl sites for hydroxylation is 1. The highest BCUT2D eigenvalue weighted by atomic mass is 35.5. The largest absolute Gasteiger partial charge is 0.369 e. The van der Waals surface area contributed by atoms with Gasteiger partial charge in [-0.25, -0.2) is 0 Å². The van der Waals surface area contributed by atoms with Crippen molar-refractivity contribution >= 4 is 11.6 Å². The minimum atomic E-state index is -0.0540. The van der Waals surface area contributed by atoms with Crippen molar-refractivity contribution in [3.63, 3.8) is 0 Å². The average molecular weight is 252 g/mol. The molecule has 3 rings (SSSR count). The summed E-state index contributed by atoms with van der Waals surface area (Å²) < 4.78 is 6.05. The Morgan fingerprint density at radius 2 is 2.35 bits per heavy atom. The molecular weight excluding hydrogens is 234 g/mol. The smallest absolute Gasteiger partial charge is 0.0863 e. The molecule has 0 amide bonds. The van der Waals surface area contributed by atoms with Gasteiger partial charge in [-0.15, -0.1) is 0 Å². The van der Waals surface area contributed by atoms with Gasteiger partial charge in [-0.3, -0.25) is 0 Å². The third kappa shape index (κ3) is 1.62. The van der Waals surface area contributed by atoms with Gasteiger partial charge in [0.25, 0.3) is 0 Å². The van der Waals surface area contributed by atoms with Gasteiger partial charge in [0.1, 0.15) is 0 Å². The Hall–Kier alpha value is -0.570. The van der Waals surface area contributed by atoms with Crippen LogP contribution in [-0.2, 0) is 17.8 Å². The third-order valence-electron chi connectivity index (χ3n) is 4.23. The maximum absolute atomic E-state index is 6.31. The van der Waals surface area contributed by atoms with E-state index in [-0.39, 0.29) is 5.60 Å². The number of rotatable bonds is 1. The molecule has 1 N–H and O–H groups in total. The third-order valence-corrected chi connectivity index (χ3v) is 4.58. The number of ether oxygens (including phenoxy) is 1. The van der Waals surface area contributed by atoms with Crippen molar-refractivity contribution in [1.82, 2.24) is 5.32 Å². The van der Waals surface area contributed by atoms with E-state index < -0.39 is 0 Å². The Labute approximate surface area is 107 Å². The maximum Gasteiger partial charge on any atom is 0.0863 e. The molecule has 0 spiro atoms. The van der Waals surface area contributed by atoms with Gasteiger partial charge in [-0.05, 0) is 30.5 Å². The summed E-state index contributed by atoms with van der Waals surface area (Å²) >= 11 is 6.31. The number of halogens is 1. The van der Waals surface area contributed by atoms with E-state index in [9.17, 15) is 0 Å². The molecule has 0 aliphatic carbocycles. The Morgan fingerprint density at radius 3 is 3.12 bits per heavy atom. The quantitative estimate of drug-likeness (QED) is 0.829. The topological polar surface area (TPSA) is 21.3 Å². The second kappa shape index (κ2) is 3.98. The van der Waals surface area contributed by atoms with Gasteiger partial charge in [0.05, 0.1) is 12.2 Å². The van der Waals surface area contributed by atoms with Gasteiger partial charge in [0, 0.05) is 29.6 Å². The minimum Gasteiger partial charge on any atom is -0.369 e. The molecule has 0 aromatic heterocycles. The van der Waals surface area contributed by atoms with Gasteiger partial charge < -0.3 is 10.1 Å². The van der Waals surface area contributed by atoms with Gasteiger partial charge in [-0.2, -0.15) is 0 Å². The summed E-state index contributed by atoms with van der Waals surface area (Å²) in [7, 11) is 0. The van der Waals surface area contributed by atoms with Crippen molar-refractivity contribution in [3.8, 4) is 0 Å². The van der Waals surface area contributed by atoms with Crippen LogP contribution in [0.25, 0.3) is 0 Å². The van der Waals surface area contributed by atoms with Crippen LogP contribution in [-0.4, -0.2) is 18.7 Å². The average Bonchev–Trinajstić information content (AvgIpc) is 2.71. The molecule has 2 aliphatic rings. The molecule has 2 heterocycles. The normalized spacial score (nSPS) is 31.1. The Kier molecular flexibility index (Phi) is 2.69. The van der Waals surface area contributed by atoms with Crippen LogP contribution < -0.4 is 5.32 Å². The molecule has 1 fully saturated rings. The van der Waals surface area contributed by atoms with Crippen molar-refractivity contribution in [2.75, 3.05) is 13.1 Å². The fourth-order valence-electron chi connectivity index (χ4n) is 3.18. The first-order valence-corrected chi connectivity index (χ1v) is 6.68. The van der Waals surface area contributed by atoms with E-state index in [0.29, 0.717) is 12.5 Å². The number of hydrogen-bond donors (Lipinski definition) is 1. The van der Waals surface area contributed by atoms with Crippen molar-refractivity contribution in [1.29, 1.82) is 0 Å². The minimum absolute atomic E-state index is 0.0540. The summed E-state index contributed by atoms with van der Waals surface area (Å²) in [4.78, 5) is 0. The fourth-order valence-corrected chi connectivity index (χ4v) is 3.39. The lowest BCUT2D eigenvalue weighted by molar-refractivity contribution is -0.0519. The van der Waals surface area contributed by atoms with Crippen LogP contribution in [0, 0.1) is 0 Å². The number of hydrogen-bond acceptors (Lipinski definition) is 2. The summed E-state index contributed by atoms with van der Waals surface area (Å²) in [6, 6.07) is 4.18. The van der Waals surface area contributed by atoms with Crippen LogP contribution in [0.4, 0.5) is 0 Å². The zero-order valence-electron chi connectivity index (χ0n) is 10.3. The number of benzene rings is 1. The molecule has 92 valence electrons. The van der Waals surface area contributed by atoms with E-state index in [1.807, 2.05) is 6.07 Å². The molecular formula is C14H18ClNO. The van der Waals surface area contributed by atoms with E-state index in [1.54, 1.807) is 0 Å². The lowest BCUT2D eigenvalue weighted by Gasteiger charge is -2.38. The molecule has 0 unspecified atom stereocenters. The fraction of sp³-hybridized carbons (Fsp3) is 0.571.